The molecule has 158 valence electrons. The van der Waals surface area contributed by atoms with E-state index in [-0.39, 0.29) is 17.8 Å². The van der Waals surface area contributed by atoms with Crippen molar-refractivity contribution in [3.8, 4) is 16.8 Å². The van der Waals surface area contributed by atoms with Crippen molar-refractivity contribution in [2.75, 3.05) is 11.1 Å². The molecule has 4 rings (SSSR count). The highest BCUT2D eigenvalue weighted by Gasteiger charge is 2.38. The van der Waals surface area contributed by atoms with E-state index >= 15 is 0 Å². The summed E-state index contributed by atoms with van der Waals surface area (Å²) in [6.45, 7) is 0. The van der Waals surface area contributed by atoms with E-state index in [0.717, 1.165) is 0 Å². The lowest BCUT2D eigenvalue weighted by Crippen LogP contribution is -2.44. The van der Waals surface area contributed by atoms with Gasteiger partial charge in [0.2, 0.25) is 0 Å². The van der Waals surface area contributed by atoms with E-state index in [1.807, 2.05) is 6.07 Å². The van der Waals surface area contributed by atoms with E-state index in [1.165, 1.54) is 23.7 Å². The Morgan fingerprint density at radius 2 is 2.16 bits per heavy atom. The number of rotatable bonds is 4. The number of carbonyl (C=O) groups excluding carboxylic acids is 1. The average molecular weight is 438 g/mol. The van der Waals surface area contributed by atoms with Gasteiger partial charge in [0.15, 0.2) is 11.8 Å². The van der Waals surface area contributed by atoms with Crippen LogP contribution in [0.2, 0.25) is 0 Å². The number of ether oxygens (including phenoxy) is 1. The van der Waals surface area contributed by atoms with E-state index in [9.17, 15) is 20.3 Å². The van der Waals surface area contributed by atoms with Crippen LogP contribution < -0.4 is 11.1 Å². The minimum absolute atomic E-state index is 0.0254. The van der Waals surface area contributed by atoms with Gasteiger partial charge in [0.05, 0.1) is 41.5 Å². The average Bonchev–Trinajstić information content (AvgIpc) is 3.31. The molecule has 0 aromatic carbocycles. The van der Waals surface area contributed by atoms with Crippen molar-refractivity contribution in [1.29, 1.82) is 5.26 Å². The third-order valence-electron chi connectivity index (χ3n) is 4.84. The number of aromatic nitrogens is 3. The molecule has 1 saturated heterocycles. The zero-order valence-electron chi connectivity index (χ0n) is 16.0. The summed E-state index contributed by atoms with van der Waals surface area (Å²) in [5.74, 6) is -0.557. The summed E-state index contributed by atoms with van der Waals surface area (Å²) in [5, 5.41) is 34.4. The number of anilines is 2. The first-order valence-electron chi connectivity index (χ1n) is 9.30. The van der Waals surface area contributed by atoms with Gasteiger partial charge in [-0.1, -0.05) is 0 Å². The first kappa shape index (κ1) is 20.8. The maximum absolute atomic E-state index is 12.9. The van der Waals surface area contributed by atoms with E-state index < -0.39 is 30.3 Å². The zero-order valence-corrected chi connectivity index (χ0v) is 16.9. The first-order chi connectivity index (χ1) is 15.0. The molecule has 31 heavy (non-hydrogen) atoms. The van der Waals surface area contributed by atoms with Gasteiger partial charge in [-0.3, -0.25) is 9.78 Å². The number of hydrogen-bond acceptors (Lipinski definition) is 10. The van der Waals surface area contributed by atoms with Crippen molar-refractivity contribution < 1.29 is 19.7 Å². The van der Waals surface area contributed by atoms with Crippen LogP contribution in [0, 0.1) is 11.3 Å². The summed E-state index contributed by atoms with van der Waals surface area (Å²) in [5.41, 5.74) is 7.53. The molecule has 0 unspecified atom stereocenters. The second-order valence-corrected chi connectivity index (χ2v) is 7.75. The molecule has 11 heteroatoms. The monoisotopic (exact) mass is 438 g/mol. The number of nitriles is 1. The molecule has 0 spiro atoms. The van der Waals surface area contributed by atoms with Gasteiger partial charge in [0.25, 0.3) is 5.91 Å². The molecular weight excluding hydrogens is 420 g/mol. The Morgan fingerprint density at radius 3 is 2.90 bits per heavy atom. The second kappa shape index (κ2) is 8.75. The van der Waals surface area contributed by atoms with Crippen LogP contribution in [-0.2, 0) is 4.74 Å². The molecule has 1 aliphatic rings. The lowest BCUT2D eigenvalue weighted by molar-refractivity contribution is -0.150. The molecule has 0 radical (unpaired) electrons. The molecule has 4 atom stereocenters. The molecule has 3 aromatic rings. The summed E-state index contributed by atoms with van der Waals surface area (Å²) in [6.07, 6.45) is 0.242. The molecule has 4 heterocycles. The SMILES string of the molecule is N#C[C@H]1O[C@@H](c2ccncc2NC(=O)c2nc(-c3nccs3)ccc2N)C[C@@H](O)[C@@H]1O. The summed E-state index contributed by atoms with van der Waals surface area (Å²) >= 11 is 1.39. The van der Waals surface area contributed by atoms with Gasteiger partial charge in [0.1, 0.15) is 11.1 Å². The quantitative estimate of drug-likeness (QED) is 0.472. The predicted molar refractivity (Wildman–Crippen MR) is 112 cm³/mol. The van der Waals surface area contributed by atoms with E-state index in [1.54, 1.807) is 29.8 Å². The number of carbonyl (C=O) groups is 1. The number of pyridine rings is 2. The third kappa shape index (κ3) is 4.23. The Balaban J connectivity index is 1.61. The number of aliphatic hydroxyl groups excluding tert-OH is 2. The van der Waals surface area contributed by atoms with Gasteiger partial charge < -0.3 is 26.0 Å². The fraction of sp³-hybridized carbons (Fsp3) is 0.250. The van der Waals surface area contributed by atoms with Crippen LogP contribution in [0.1, 0.15) is 28.6 Å². The largest absolute Gasteiger partial charge is 0.397 e. The third-order valence-corrected chi connectivity index (χ3v) is 5.64. The summed E-state index contributed by atoms with van der Waals surface area (Å²) in [7, 11) is 0. The lowest BCUT2D eigenvalue weighted by atomic mass is 9.94. The van der Waals surface area contributed by atoms with Gasteiger partial charge in [-0.15, -0.1) is 11.3 Å². The van der Waals surface area contributed by atoms with Gasteiger partial charge >= 0.3 is 0 Å². The fourth-order valence-electron chi connectivity index (χ4n) is 3.27. The Hall–Kier alpha value is -3.43. The standard InChI is InChI=1S/C20H18N6O4S/c21-8-16-18(28)14(27)7-15(30-16)10-3-4-23-9-13(10)26-19(29)17-11(22)1-2-12(25-17)20-24-5-6-31-20/h1-6,9,14-16,18,27-28H,7,22H2,(H,26,29)/t14-,15-,16-,18+/m1/s1. The van der Waals surface area contributed by atoms with Crippen LogP contribution in [0.5, 0.6) is 0 Å². The number of nitrogens with one attached hydrogen (secondary N) is 1. The van der Waals surface area contributed by atoms with Gasteiger partial charge in [-0.2, -0.15) is 5.26 Å². The second-order valence-electron chi connectivity index (χ2n) is 6.86. The van der Waals surface area contributed by atoms with Crippen LogP contribution in [0.15, 0.2) is 42.2 Å². The molecule has 3 aromatic heterocycles. The number of nitrogens with zero attached hydrogens (tertiary/aromatic N) is 4. The molecule has 1 amide bonds. The van der Waals surface area contributed by atoms with Crippen molar-refractivity contribution in [2.45, 2.75) is 30.8 Å². The molecule has 1 fully saturated rings. The number of nitrogen functional groups attached to an aromatic ring is 1. The first-order valence-corrected chi connectivity index (χ1v) is 10.2. The number of aliphatic hydroxyl groups is 2. The smallest absolute Gasteiger partial charge is 0.276 e. The molecule has 1 aliphatic heterocycles. The molecule has 0 aliphatic carbocycles. The highest BCUT2D eigenvalue weighted by molar-refractivity contribution is 7.13. The minimum Gasteiger partial charge on any atom is -0.397 e. The van der Waals surface area contributed by atoms with E-state index in [4.69, 9.17) is 10.5 Å². The predicted octanol–water partition coefficient (Wildman–Crippen LogP) is 1.51. The number of nitrogens with two attached hydrogens (primary N) is 1. The number of amides is 1. The van der Waals surface area contributed by atoms with Crippen molar-refractivity contribution in [1.82, 2.24) is 15.0 Å². The highest BCUT2D eigenvalue weighted by atomic mass is 32.1. The normalized spacial score (nSPS) is 23.1. The Morgan fingerprint density at radius 1 is 1.32 bits per heavy atom. The van der Waals surface area contributed by atoms with Crippen molar-refractivity contribution in [2.24, 2.45) is 0 Å². The number of hydrogen-bond donors (Lipinski definition) is 4. The molecule has 0 bridgehead atoms. The molecular formula is C20H18N6O4S. The zero-order chi connectivity index (χ0) is 22.0. The number of thiazole rings is 1. The molecule has 10 nitrogen and oxygen atoms in total. The maximum Gasteiger partial charge on any atom is 0.276 e. The van der Waals surface area contributed by atoms with Crippen LogP contribution in [0.25, 0.3) is 10.7 Å². The Bertz CT molecular complexity index is 1130. The van der Waals surface area contributed by atoms with Crippen molar-refractivity contribution in [3.05, 3.63) is 53.4 Å². The fourth-order valence-corrected chi connectivity index (χ4v) is 3.88. The van der Waals surface area contributed by atoms with Gasteiger partial charge in [-0.05, 0) is 18.2 Å². The van der Waals surface area contributed by atoms with Crippen LogP contribution >= 0.6 is 11.3 Å². The topological polar surface area (TPSA) is 167 Å². The van der Waals surface area contributed by atoms with Gasteiger partial charge in [0, 0.05) is 29.8 Å². The van der Waals surface area contributed by atoms with E-state index in [0.29, 0.717) is 22.0 Å². The highest BCUT2D eigenvalue weighted by Crippen LogP contribution is 2.35. The molecule has 0 saturated carbocycles. The summed E-state index contributed by atoms with van der Waals surface area (Å²) < 4.78 is 5.63. The Kier molecular flexibility index (Phi) is 5.88. The van der Waals surface area contributed by atoms with Crippen LogP contribution in [0.4, 0.5) is 11.4 Å². The van der Waals surface area contributed by atoms with E-state index in [2.05, 4.69) is 20.3 Å². The summed E-state index contributed by atoms with van der Waals surface area (Å²) in [4.78, 5) is 25.5. The molecule has 5 N–H and O–H groups in total. The lowest BCUT2D eigenvalue weighted by Gasteiger charge is -2.34. The van der Waals surface area contributed by atoms with Gasteiger partial charge in [-0.25, -0.2) is 9.97 Å². The van der Waals surface area contributed by atoms with Crippen molar-refractivity contribution >= 4 is 28.6 Å². The minimum atomic E-state index is -1.31. The maximum atomic E-state index is 12.9. The van der Waals surface area contributed by atoms with Crippen LogP contribution in [-0.4, -0.2) is 49.4 Å². The Labute approximate surface area is 181 Å². The van der Waals surface area contributed by atoms with Crippen LogP contribution in [0.3, 0.4) is 0 Å². The van der Waals surface area contributed by atoms with Crippen molar-refractivity contribution in [3.63, 3.8) is 0 Å². The summed E-state index contributed by atoms with van der Waals surface area (Å²) in [6, 6.07) is 6.71.